The lowest BCUT2D eigenvalue weighted by Crippen LogP contribution is -2.47. The fourth-order valence-corrected chi connectivity index (χ4v) is 2.79. The number of piperidine rings is 1. The van der Waals surface area contributed by atoms with Gasteiger partial charge in [0.1, 0.15) is 0 Å². The first-order chi connectivity index (χ1) is 9.06. The Morgan fingerprint density at radius 2 is 2.26 bits per heavy atom. The number of amides is 1. The van der Waals surface area contributed by atoms with Crippen molar-refractivity contribution in [1.82, 2.24) is 14.7 Å². The summed E-state index contributed by atoms with van der Waals surface area (Å²) < 4.78 is 1.72. The minimum absolute atomic E-state index is 0.107. The molecule has 1 aromatic heterocycles. The lowest BCUT2D eigenvalue weighted by molar-refractivity contribution is 0.0565. The number of likely N-dealkylation sites (tertiary alicyclic amines) is 1. The fraction of sp³-hybridized carbons (Fsp3) is 0.714. The molecule has 2 heterocycles. The number of hydrogen-bond acceptors (Lipinski definition) is 3. The first kappa shape index (κ1) is 14.1. The van der Waals surface area contributed by atoms with Gasteiger partial charge in [0.15, 0.2) is 0 Å². The maximum Gasteiger partial charge on any atom is 0.257 e. The Hall–Kier alpha value is -1.36. The van der Waals surface area contributed by atoms with E-state index in [1.165, 1.54) is 0 Å². The zero-order valence-corrected chi connectivity index (χ0v) is 12.1. The Labute approximate surface area is 114 Å². The largest absolute Gasteiger partial charge is 0.336 e. The minimum Gasteiger partial charge on any atom is -0.336 e. The number of carbonyl (C=O) groups is 1. The van der Waals surface area contributed by atoms with Gasteiger partial charge in [-0.3, -0.25) is 9.48 Å². The van der Waals surface area contributed by atoms with Crippen LogP contribution in [0, 0.1) is 5.92 Å². The lowest BCUT2D eigenvalue weighted by Gasteiger charge is -2.37. The van der Waals surface area contributed by atoms with Crippen molar-refractivity contribution in [1.29, 1.82) is 0 Å². The monoisotopic (exact) mass is 264 g/mol. The number of rotatable bonds is 3. The molecule has 5 nitrogen and oxygen atoms in total. The molecule has 0 aromatic carbocycles. The van der Waals surface area contributed by atoms with Crippen molar-refractivity contribution in [2.24, 2.45) is 18.7 Å². The maximum absolute atomic E-state index is 12.7. The van der Waals surface area contributed by atoms with E-state index in [0.717, 1.165) is 37.1 Å². The average Bonchev–Trinajstić information content (AvgIpc) is 2.79. The molecule has 1 aliphatic heterocycles. The number of aromatic nitrogens is 2. The summed E-state index contributed by atoms with van der Waals surface area (Å²) in [5, 5.41) is 4.35. The highest BCUT2D eigenvalue weighted by atomic mass is 16.2. The van der Waals surface area contributed by atoms with Gasteiger partial charge in [0.25, 0.3) is 5.91 Å². The summed E-state index contributed by atoms with van der Waals surface area (Å²) in [5.41, 5.74) is 7.38. The molecule has 1 amide bonds. The van der Waals surface area contributed by atoms with Gasteiger partial charge >= 0.3 is 0 Å². The molecule has 2 rings (SSSR count). The molecule has 0 saturated carbocycles. The Bertz CT molecular complexity index is 454. The summed E-state index contributed by atoms with van der Waals surface area (Å²) in [6.45, 7) is 5.58. The normalized spacial score (nSPS) is 23.7. The SMILES string of the molecule is CCc1nn(C)cc1C(=O)N1CC(CN)CCC1C. The van der Waals surface area contributed by atoms with Crippen molar-refractivity contribution < 1.29 is 4.79 Å². The van der Waals surface area contributed by atoms with Crippen LogP contribution in [0.4, 0.5) is 0 Å². The molecule has 2 unspecified atom stereocenters. The van der Waals surface area contributed by atoms with Gasteiger partial charge < -0.3 is 10.6 Å². The molecule has 2 atom stereocenters. The van der Waals surface area contributed by atoms with Gasteiger partial charge in [0, 0.05) is 25.8 Å². The van der Waals surface area contributed by atoms with Gasteiger partial charge in [0.2, 0.25) is 0 Å². The van der Waals surface area contributed by atoms with Crippen LogP contribution in [0.2, 0.25) is 0 Å². The Morgan fingerprint density at radius 1 is 1.53 bits per heavy atom. The molecule has 106 valence electrons. The van der Waals surface area contributed by atoms with Gasteiger partial charge in [-0.05, 0) is 38.6 Å². The highest BCUT2D eigenvalue weighted by Crippen LogP contribution is 2.24. The standard InChI is InChI=1S/C14H24N4O/c1-4-13-12(9-17(3)16-13)14(19)18-8-11(7-15)6-5-10(18)2/h9-11H,4-8,15H2,1-3H3. The Balaban J connectivity index is 2.21. The van der Waals surface area contributed by atoms with Crippen LogP contribution < -0.4 is 5.73 Å². The van der Waals surface area contributed by atoms with E-state index in [1.54, 1.807) is 4.68 Å². The Kier molecular flexibility index (Phi) is 4.24. The van der Waals surface area contributed by atoms with Crippen LogP contribution in [-0.2, 0) is 13.5 Å². The van der Waals surface area contributed by atoms with Crippen LogP contribution in [0.1, 0.15) is 42.7 Å². The molecule has 1 saturated heterocycles. The van der Waals surface area contributed by atoms with Crippen LogP contribution in [0.5, 0.6) is 0 Å². The molecular weight excluding hydrogens is 240 g/mol. The third-order valence-electron chi connectivity index (χ3n) is 4.04. The van der Waals surface area contributed by atoms with Crippen molar-refractivity contribution in [3.05, 3.63) is 17.5 Å². The van der Waals surface area contributed by atoms with E-state index >= 15 is 0 Å². The molecular formula is C14H24N4O. The van der Waals surface area contributed by atoms with Crippen molar-refractivity contribution in [2.75, 3.05) is 13.1 Å². The van der Waals surface area contributed by atoms with E-state index in [4.69, 9.17) is 5.73 Å². The van der Waals surface area contributed by atoms with E-state index in [0.29, 0.717) is 18.5 Å². The van der Waals surface area contributed by atoms with Crippen LogP contribution in [0.15, 0.2) is 6.20 Å². The van der Waals surface area contributed by atoms with Crippen molar-refractivity contribution in [3.8, 4) is 0 Å². The van der Waals surface area contributed by atoms with E-state index in [2.05, 4.69) is 12.0 Å². The van der Waals surface area contributed by atoms with Gasteiger partial charge in [0.05, 0.1) is 11.3 Å². The number of nitrogens with zero attached hydrogens (tertiary/aromatic N) is 3. The van der Waals surface area contributed by atoms with Crippen LogP contribution >= 0.6 is 0 Å². The molecule has 0 radical (unpaired) electrons. The number of hydrogen-bond donors (Lipinski definition) is 1. The van der Waals surface area contributed by atoms with Gasteiger partial charge in [-0.1, -0.05) is 6.92 Å². The van der Waals surface area contributed by atoms with E-state index in [9.17, 15) is 4.79 Å². The van der Waals surface area contributed by atoms with Crippen molar-refractivity contribution in [2.45, 2.75) is 39.2 Å². The zero-order chi connectivity index (χ0) is 14.0. The number of carbonyl (C=O) groups excluding carboxylic acids is 1. The number of aryl methyl sites for hydroxylation is 2. The second-order valence-electron chi connectivity index (χ2n) is 5.50. The first-order valence-corrected chi connectivity index (χ1v) is 7.10. The highest BCUT2D eigenvalue weighted by Gasteiger charge is 2.30. The molecule has 0 bridgehead atoms. The summed E-state index contributed by atoms with van der Waals surface area (Å²) in [7, 11) is 1.86. The number of nitrogens with two attached hydrogens (primary N) is 1. The van der Waals surface area contributed by atoms with Crippen molar-refractivity contribution >= 4 is 5.91 Å². The summed E-state index contributed by atoms with van der Waals surface area (Å²) in [6, 6.07) is 0.292. The first-order valence-electron chi connectivity index (χ1n) is 7.10. The topological polar surface area (TPSA) is 64.2 Å². The maximum atomic E-state index is 12.7. The molecule has 0 spiro atoms. The lowest BCUT2D eigenvalue weighted by atomic mass is 9.93. The summed E-state index contributed by atoms with van der Waals surface area (Å²) in [5.74, 6) is 0.539. The molecule has 5 heteroatoms. The quantitative estimate of drug-likeness (QED) is 0.891. The average molecular weight is 264 g/mol. The predicted octanol–water partition coefficient (Wildman–Crippen LogP) is 1.18. The smallest absolute Gasteiger partial charge is 0.257 e. The summed E-state index contributed by atoms with van der Waals surface area (Å²) in [6.07, 6.45) is 4.77. The Morgan fingerprint density at radius 3 is 2.89 bits per heavy atom. The molecule has 1 fully saturated rings. The van der Waals surface area contributed by atoms with Crippen LogP contribution in [-0.4, -0.2) is 39.7 Å². The van der Waals surface area contributed by atoms with E-state index in [-0.39, 0.29) is 5.91 Å². The predicted molar refractivity (Wildman–Crippen MR) is 74.9 cm³/mol. The summed E-state index contributed by atoms with van der Waals surface area (Å²) in [4.78, 5) is 14.7. The molecule has 1 aliphatic rings. The van der Waals surface area contributed by atoms with Crippen molar-refractivity contribution in [3.63, 3.8) is 0 Å². The van der Waals surface area contributed by atoms with Crippen LogP contribution in [0.25, 0.3) is 0 Å². The molecule has 19 heavy (non-hydrogen) atoms. The van der Waals surface area contributed by atoms with E-state index in [1.807, 2.05) is 25.1 Å². The second-order valence-corrected chi connectivity index (χ2v) is 5.50. The van der Waals surface area contributed by atoms with Gasteiger partial charge in [-0.2, -0.15) is 5.10 Å². The highest BCUT2D eigenvalue weighted by molar-refractivity contribution is 5.95. The molecule has 0 aliphatic carbocycles. The van der Waals surface area contributed by atoms with Gasteiger partial charge in [-0.15, -0.1) is 0 Å². The second kappa shape index (κ2) is 5.74. The molecule has 1 aromatic rings. The molecule has 2 N–H and O–H groups in total. The summed E-state index contributed by atoms with van der Waals surface area (Å²) >= 11 is 0. The minimum atomic E-state index is 0.107. The third-order valence-corrected chi connectivity index (χ3v) is 4.04. The fourth-order valence-electron chi connectivity index (χ4n) is 2.79. The van der Waals surface area contributed by atoms with Crippen LogP contribution in [0.3, 0.4) is 0 Å². The van der Waals surface area contributed by atoms with Gasteiger partial charge in [-0.25, -0.2) is 0 Å². The zero-order valence-electron chi connectivity index (χ0n) is 12.1. The third kappa shape index (κ3) is 2.81. The van der Waals surface area contributed by atoms with E-state index < -0.39 is 0 Å².